The van der Waals surface area contributed by atoms with E-state index < -0.39 is 5.92 Å². The number of aromatic hydroxyl groups is 1. The van der Waals surface area contributed by atoms with Crippen molar-refractivity contribution < 1.29 is 23.4 Å². The van der Waals surface area contributed by atoms with Crippen LogP contribution in [0, 0.1) is 0 Å². The van der Waals surface area contributed by atoms with Crippen molar-refractivity contribution in [3.8, 4) is 5.75 Å². The van der Waals surface area contributed by atoms with Gasteiger partial charge in [0.05, 0.1) is 12.2 Å². The second kappa shape index (κ2) is 5.15. The van der Waals surface area contributed by atoms with Crippen LogP contribution in [0.4, 0.5) is 8.78 Å². The third-order valence-corrected chi connectivity index (χ3v) is 3.35. The number of hydrogen-bond acceptors (Lipinski definition) is 3. The molecule has 19 heavy (non-hydrogen) atoms. The summed E-state index contributed by atoms with van der Waals surface area (Å²) in [6, 6.07) is 2.88. The molecule has 1 aliphatic carbocycles. The molecular formula is C14H16F2O3. The van der Waals surface area contributed by atoms with Crippen molar-refractivity contribution in [2.45, 2.75) is 38.5 Å². The monoisotopic (exact) mass is 270 g/mol. The fourth-order valence-corrected chi connectivity index (χ4v) is 2.48. The minimum absolute atomic E-state index is 0.163. The summed E-state index contributed by atoms with van der Waals surface area (Å²) >= 11 is 0. The van der Waals surface area contributed by atoms with Gasteiger partial charge < -0.3 is 9.84 Å². The molecule has 0 spiro atoms. The van der Waals surface area contributed by atoms with Crippen LogP contribution in [0.25, 0.3) is 0 Å². The van der Waals surface area contributed by atoms with Gasteiger partial charge in [0.15, 0.2) is 0 Å². The number of carbonyl (C=O) groups excluding carboxylic acids is 1. The largest absolute Gasteiger partial charge is 0.507 e. The summed E-state index contributed by atoms with van der Waals surface area (Å²) < 4.78 is 32.1. The molecule has 1 aliphatic rings. The zero-order chi connectivity index (χ0) is 14.0. The molecule has 0 atom stereocenters. The SMILES string of the molecule is CCOC(=O)CCc1ccc(O)c2c1CCC2(F)F. The molecule has 0 saturated heterocycles. The molecule has 3 nitrogen and oxygen atoms in total. The van der Waals surface area contributed by atoms with Gasteiger partial charge in [-0.25, -0.2) is 8.78 Å². The number of hydrogen-bond donors (Lipinski definition) is 1. The van der Waals surface area contributed by atoms with E-state index in [0.717, 1.165) is 0 Å². The Morgan fingerprint density at radius 2 is 2.21 bits per heavy atom. The number of halogens is 2. The number of phenols is 1. The van der Waals surface area contributed by atoms with E-state index in [4.69, 9.17) is 4.74 Å². The molecule has 0 aromatic heterocycles. The molecule has 0 aliphatic heterocycles. The number of esters is 1. The lowest BCUT2D eigenvalue weighted by molar-refractivity contribution is -0.143. The lowest BCUT2D eigenvalue weighted by atomic mass is 9.98. The van der Waals surface area contributed by atoms with Crippen LogP contribution in [0.5, 0.6) is 5.75 Å². The first kappa shape index (κ1) is 13.8. The minimum Gasteiger partial charge on any atom is -0.507 e. The standard InChI is InChI=1S/C14H16F2O3/c1-2-19-12(18)6-4-9-3-5-11(17)13-10(9)7-8-14(13,15)16/h3,5,17H,2,4,6-8H2,1H3. The smallest absolute Gasteiger partial charge is 0.306 e. The number of benzene rings is 1. The van der Waals surface area contributed by atoms with Crippen LogP contribution in [-0.4, -0.2) is 17.7 Å². The highest BCUT2D eigenvalue weighted by molar-refractivity contribution is 5.70. The predicted octanol–water partition coefficient (Wildman–Crippen LogP) is 2.93. The van der Waals surface area contributed by atoms with Crippen LogP contribution in [0.15, 0.2) is 12.1 Å². The predicted molar refractivity (Wildman–Crippen MR) is 65.3 cm³/mol. The highest BCUT2D eigenvalue weighted by Gasteiger charge is 2.42. The maximum absolute atomic E-state index is 13.6. The van der Waals surface area contributed by atoms with E-state index in [0.29, 0.717) is 24.2 Å². The molecule has 1 aromatic rings. The van der Waals surface area contributed by atoms with Gasteiger partial charge in [-0.15, -0.1) is 0 Å². The molecule has 0 heterocycles. The van der Waals surface area contributed by atoms with Gasteiger partial charge in [-0.05, 0) is 37.0 Å². The second-order valence-electron chi connectivity index (χ2n) is 4.61. The number of aryl methyl sites for hydroxylation is 1. The van der Waals surface area contributed by atoms with Gasteiger partial charge in [-0.2, -0.15) is 0 Å². The summed E-state index contributed by atoms with van der Waals surface area (Å²) in [7, 11) is 0. The lowest BCUT2D eigenvalue weighted by Gasteiger charge is -2.13. The molecular weight excluding hydrogens is 254 g/mol. The zero-order valence-electron chi connectivity index (χ0n) is 10.7. The summed E-state index contributed by atoms with van der Waals surface area (Å²) in [6.07, 6.45) is 0.468. The van der Waals surface area contributed by atoms with E-state index in [-0.39, 0.29) is 36.5 Å². The Bertz CT molecular complexity index is 498. The highest BCUT2D eigenvalue weighted by atomic mass is 19.3. The maximum Gasteiger partial charge on any atom is 0.306 e. The Labute approximate surface area is 110 Å². The molecule has 0 saturated carbocycles. The Hall–Kier alpha value is -1.65. The number of carbonyl (C=O) groups is 1. The summed E-state index contributed by atoms with van der Waals surface area (Å²) in [4.78, 5) is 11.3. The molecule has 5 heteroatoms. The fraction of sp³-hybridized carbons (Fsp3) is 0.500. The minimum atomic E-state index is -2.97. The topological polar surface area (TPSA) is 46.5 Å². The highest BCUT2D eigenvalue weighted by Crippen LogP contribution is 2.47. The molecule has 1 aromatic carbocycles. The normalized spacial score (nSPS) is 16.2. The van der Waals surface area contributed by atoms with Crippen LogP contribution in [0.2, 0.25) is 0 Å². The average Bonchev–Trinajstić information content (AvgIpc) is 2.66. The van der Waals surface area contributed by atoms with Gasteiger partial charge >= 0.3 is 5.97 Å². The Morgan fingerprint density at radius 3 is 2.89 bits per heavy atom. The van der Waals surface area contributed by atoms with Crippen molar-refractivity contribution in [3.63, 3.8) is 0 Å². The van der Waals surface area contributed by atoms with Gasteiger partial charge in [0.25, 0.3) is 5.92 Å². The van der Waals surface area contributed by atoms with Crippen LogP contribution >= 0.6 is 0 Å². The summed E-state index contributed by atoms with van der Waals surface area (Å²) in [5.41, 5.74) is 0.904. The quantitative estimate of drug-likeness (QED) is 0.856. The fourth-order valence-electron chi connectivity index (χ4n) is 2.48. The van der Waals surface area contributed by atoms with E-state index in [1.165, 1.54) is 6.07 Å². The first-order valence-corrected chi connectivity index (χ1v) is 6.33. The number of ether oxygens (including phenoxy) is 1. The molecule has 0 amide bonds. The number of fused-ring (bicyclic) bond motifs is 1. The number of phenolic OH excluding ortho intramolecular Hbond substituents is 1. The lowest BCUT2D eigenvalue weighted by Crippen LogP contribution is -2.09. The van der Waals surface area contributed by atoms with Gasteiger partial charge in [0, 0.05) is 12.8 Å². The summed E-state index contributed by atoms with van der Waals surface area (Å²) in [5, 5.41) is 9.58. The van der Waals surface area contributed by atoms with E-state index in [1.54, 1.807) is 13.0 Å². The van der Waals surface area contributed by atoms with Crippen molar-refractivity contribution in [2.24, 2.45) is 0 Å². The first-order chi connectivity index (χ1) is 8.95. The number of rotatable bonds is 4. The van der Waals surface area contributed by atoms with Crippen molar-refractivity contribution >= 4 is 5.97 Å². The molecule has 0 unspecified atom stereocenters. The Kier molecular flexibility index (Phi) is 3.73. The van der Waals surface area contributed by atoms with Gasteiger partial charge in [0.2, 0.25) is 0 Å². The van der Waals surface area contributed by atoms with E-state index in [1.807, 2.05) is 0 Å². The Morgan fingerprint density at radius 1 is 1.47 bits per heavy atom. The Balaban J connectivity index is 2.20. The van der Waals surface area contributed by atoms with Crippen molar-refractivity contribution in [1.82, 2.24) is 0 Å². The first-order valence-electron chi connectivity index (χ1n) is 6.33. The van der Waals surface area contributed by atoms with Gasteiger partial charge in [0.1, 0.15) is 5.75 Å². The van der Waals surface area contributed by atoms with Crippen molar-refractivity contribution in [1.29, 1.82) is 0 Å². The van der Waals surface area contributed by atoms with Crippen molar-refractivity contribution in [2.75, 3.05) is 6.61 Å². The molecule has 1 N–H and O–H groups in total. The number of alkyl halides is 2. The molecule has 0 fully saturated rings. The third kappa shape index (κ3) is 2.69. The molecule has 2 rings (SSSR count). The molecule has 0 radical (unpaired) electrons. The summed E-state index contributed by atoms with van der Waals surface area (Å²) in [6.45, 7) is 2.03. The average molecular weight is 270 g/mol. The molecule has 0 bridgehead atoms. The summed E-state index contributed by atoms with van der Waals surface area (Å²) in [5.74, 6) is -3.68. The van der Waals surface area contributed by atoms with Crippen LogP contribution in [-0.2, 0) is 28.3 Å². The van der Waals surface area contributed by atoms with E-state index >= 15 is 0 Å². The van der Waals surface area contributed by atoms with E-state index in [2.05, 4.69) is 0 Å². The van der Waals surface area contributed by atoms with Crippen molar-refractivity contribution in [3.05, 3.63) is 28.8 Å². The second-order valence-corrected chi connectivity index (χ2v) is 4.61. The zero-order valence-corrected chi connectivity index (χ0v) is 10.7. The molecule has 104 valence electrons. The maximum atomic E-state index is 13.6. The van der Waals surface area contributed by atoms with Gasteiger partial charge in [-0.3, -0.25) is 4.79 Å². The van der Waals surface area contributed by atoms with Crippen LogP contribution in [0.3, 0.4) is 0 Å². The van der Waals surface area contributed by atoms with Crippen LogP contribution in [0.1, 0.15) is 36.5 Å². The van der Waals surface area contributed by atoms with Gasteiger partial charge in [-0.1, -0.05) is 6.07 Å². The van der Waals surface area contributed by atoms with E-state index in [9.17, 15) is 18.7 Å². The van der Waals surface area contributed by atoms with Crippen LogP contribution < -0.4 is 0 Å². The third-order valence-electron chi connectivity index (χ3n) is 3.35.